The van der Waals surface area contributed by atoms with Gasteiger partial charge in [-0.05, 0) is 59.7 Å². The third-order valence-corrected chi connectivity index (χ3v) is 6.77. The number of para-hydroxylation sites is 2. The number of anilines is 3. The van der Waals surface area contributed by atoms with Crippen molar-refractivity contribution < 1.29 is 4.42 Å². The fourth-order valence-corrected chi connectivity index (χ4v) is 5.31. The molecule has 6 rings (SSSR count). The van der Waals surface area contributed by atoms with Gasteiger partial charge in [-0.2, -0.15) is 0 Å². The number of hydrogen-bond acceptors (Lipinski definition) is 2. The molecule has 1 aromatic heterocycles. The molecule has 0 bridgehead atoms. The van der Waals surface area contributed by atoms with E-state index in [0.29, 0.717) is 0 Å². The van der Waals surface area contributed by atoms with Crippen molar-refractivity contribution >= 4 is 54.9 Å². The molecule has 0 saturated heterocycles. The molecule has 0 aliphatic carbocycles. The fraction of sp³-hybridized carbons (Fsp3) is 0.111. The minimum absolute atomic E-state index is 0.189. The Labute approximate surface area is 183 Å². The topological polar surface area (TPSA) is 16.4 Å². The highest BCUT2D eigenvalue weighted by atomic mass is 79.9. The Balaban J connectivity index is 1.79. The SMILES string of the molecule is CC1(C)c2cc(Br)ccc2N(c2ccccc2)c2ccc3oc4ccccc4c3c21. The largest absolute Gasteiger partial charge is 0.456 e. The van der Waals surface area contributed by atoms with Crippen molar-refractivity contribution in [1.82, 2.24) is 0 Å². The van der Waals surface area contributed by atoms with Crippen molar-refractivity contribution in [3.8, 4) is 0 Å². The lowest BCUT2D eigenvalue weighted by atomic mass is 9.72. The molecule has 0 spiro atoms. The van der Waals surface area contributed by atoms with Crippen LogP contribution in [-0.4, -0.2) is 0 Å². The van der Waals surface area contributed by atoms with Crippen LogP contribution < -0.4 is 4.90 Å². The van der Waals surface area contributed by atoms with Gasteiger partial charge in [0, 0.05) is 26.3 Å². The molecular weight excluding hydrogens is 434 g/mol. The van der Waals surface area contributed by atoms with Crippen molar-refractivity contribution in [2.45, 2.75) is 19.3 Å². The summed E-state index contributed by atoms with van der Waals surface area (Å²) in [5.74, 6) is 0. The zero-order chi connectivity index (χ0) is 20.5. The molecule has 5 aromatic rings. The lowest BCUT2D eigenvalue weighted by molar-refractivity contribution is 0.634. The molecule has 1 aliphatic rings. The summed E-state index contributed by atoms with van der Waals surface area (Å²) in [6, 6.07) is 29.9. The van der Waals surface area contributed by atoms with Gasteiger partial charge in [0.25, 0.3) is 0 Å². The Morgan fingerprint density at radius 1 is 0.767 bits per heavy atom. The van der Waals surface area contributed by atoms with Gasteiger partial charge in [0.2, 0.25) is 0 Å². The number of hydrogen-bond donors (Lipinski definition) is 0. The third kappa shape index (κ3) is 2.36. The van der Waals surface area contributed by atoms with E-state index in [2.05, 4.69) is 114 Å². The summed E-state index contributed by atoms with van der Waals surface area (Å²) < 4.78 is 7.33. The average Bonchev–Trinajstić information content (AvgIpc) is 3.13. The first-order chi connectivity index (χ1) is 14.6. The molecular formula is C27H20BrNO. The zero-order valence-electron chi connectivity index (χ0n) is 16.8. The molecule has 0 radical (unpaired) electrons. The summed E-state index contributed by atoms with van der Waals surface area (Å²) in [6.07, 6.45) is 0. The smallest absolute Gasteiger partial charge is 0.135 e. The highest BCUT2D eigenvalue weighted by molar-refractivity contribution is 9.10. The summed E-state index contributed by atoms with van der Waals surface area (Å²) in [7, 11) is 0. The second kappa shape index (κ2) is 6.23. The van der Waals surface area contributed by atoms with E-state index in [1.165, 1.54) is 33.3 Å². The Hall–Kier alpha value is -3.04. The van der Waals surface area contributed by atoms with Gasteiger partial charge in [0.05, 0.1) is 11.4 Å². The first-order valence-electron chi connectivity index (χ1n) is 10.2. The van der Waals surface area contributed by atoms with Crippen LogP contribution in [0.1, 0.15) is 25.0 Å². The maximum atomic E-state index is 6.24. The molecule has 0 fully saturated rings. The van der Waals surface area contributed by atoms with E-state index in [1.807, 2.05) is 6.07 Å². The normalized spacial score (nSPS) is 14.7. The second-order valence-corrected chi connectivity index (χ2v) is 9.30. The maximum Gasteiger partial charge on any atom is 0.135 e. The van der Waals surface area contributed by atoms with Crippen LogP contribution in [0.3, 0.4) is 0 Å². The Kier molecular flexibility index (Phi) is 3.69. The lowest BCUT2D eigenvalue weighted by Crippen LogP contribution is -2.30. The number of rotatable bonds is 1. The second-order valence-electron chi connectivity index (χ2n) is 8.39. The van der Waals surface area contributed by atoms with Gasteiger partial charge in [-0.25, -0.2) is 0 Å². The number of fused-ring (bicyclic) bond motifs is 6. The number of furan rings is 1. The summed E-state index contributed by atoms with van der Waals surface area (Å²) in [4.78, 5) is 2.38. The van der Waals surface area contributed by atoms with Gasteiger partial charge < -0.3 is 9.32 Å². The summed E-state index contributed by atoms with van der Waals surface area (Å²) in [6.45, 7) is 4.64. The van der Waals surface area contributed by atoms with Crippen molar-refractivity contribution in [3.63, 3.8) is 0 Å². The van der Waals surface area contributed by atoms with Gasteiger partial charge >= 0.3 is 0 Å². The van der Waals surface area contributed by atoms with Gasteiger partial charge in [0.1, 0.15) is 11.2 Å². The predicted octanol–water partition coefficient (Wildman–Crippen LogP) is 8.46. The molecule has 3 heteroatoms. The number of halogens is 1. The van der Waals surface area contributed by atoms with Crippen LogP contribution in [0.15, 0.2) is 93.8 Å². The van der Waals surface area contributed by atoms with Crippen molar-refractivity contribution in [2.75, 3.05) is 4.90 Å². The molecule has 0 unspecified atom stereocenters. The standard InChI is InChI=1S/C27H20BrNO/c1-27(2)20-16-17(28)12-13-21(20)29(18-8-4-3-5-9-18)22-14-15-24-25(26(22)27)19-10-6-7-11-23(19)30-24/h3-16H,1-2H3. The Bertz CT molecular complexity index is 1430. The highest BCUT2D eigenvalue weighted by Crippen LogP contribution is 2.55. The maximum absolute atomic E-state index is 6.24. The summed E-state index contributed by atoms with van der Waals surface area (Å²) in [5.41, 5.74) is 7.87. The highest BCUT2D eigenvalue weighted by Gasteiger charge is 2.39. The summed E-state index contributed by atoms with van der Waals surface area (Å²) >= 11 is 3.70. The van der Waals surface area contributed by atoms with Crippen LogP contribution in [0, 0.1) is 0 Å². The molecule has 0 amide bonds. The van der Waals surface area contributed by atoms with Gasteiger partial charge in [-0.1, -0.05) is 66.2 Å². The average molecular weight is 454 g/mol. The van der Waals surface area contributed by atoms with Crippen LogP contribution in [0.2, 0.25) is 0 Å². The van der Waals surface area contributed by atoms with E-state index < -0.39 is 0 Å². The van der Waals surface area contributed by atoms with Crippen LogP contribution in [0.4, 0.5) is 17.1 Å². The van der Waals surface area contributed by atoms with E-state index in [0.717, 1.165) is 21.3 Å². The third-order valence-electron chi connectivity index (χ3n) is 6.27. The summed E-state index contributed by atoms with van der Waals surface area (Å²) in [5, 5.41) is 2.38. The van der Waals surface area contributed by atoms with Crippen LogP contribution in [0.5, 0.6) is 0 Å². The Morgan fingerprint density at radius 2 is 1.50 bits per heavy atom. The molecule has 4 aromatic carbocycles. The molecule has 2 heterocycles. The molecule has 0 N–H and O–H groups in total. The molecule has 2 nitrogen and oxygen atoms in total. The van der Waals surface area contributed by atoms with E-state index in [9.17, 15) is 0 Å². The quantitative estimate of drug-likeness (QED) is 0.253. The number of nitrogens with zero attached hydrogens (tertiary/aromatic N) is 1. The molecule has 30 heavy (non-hydrogen) atoms. The van der Waals surface area contributed by atoms with E-state index in [1.54, 1.807) is 0 Å². The zero-order valence-corrected chi connectivity index (χ0v) is 18.4. The minimum atomic E-state index is -0.189. The van der Waals surface area contributed by atoms with E-state index in [-0.39, 0.29) is 5.41 Å². The monoisotopic (exact) mass is 453 g/mol. The van der Waals surface area contributed by atoms with Gasteiger partial charge in [-0.15, -0.1) is 0 Å². The molecule has 1 aliphatic heterocycles. The van der Waals surface area contributed by atoms with E-state index in [4.69, 9.17) is 4.42 Å². The lowest BCUT2D eigenvalue weighted by Gasteiger charge is -2.42. The first-order valence-corrected chi connectivity index (χ1v) is 10.9. The van der Waals surface area contributed by atoms with Crippen LogP contribution >= 0.6 is 15.9 Å². The van der Waals surface area contributed by atoms with Crippen molar-refractivity contribution in [2.24, 2.45) is 0 Å². The van der Waals surface area contributed by atoms with Crippen LogP contribution in [0.25, 0.3) is 21.9 Å². The number of benzene rings is 4. The Morgan fingerprint density at radius 3 is 2.33 bits per heavy atom. The fourth-order valence-electron chi connectivity index (χ4n) is 4.95. The molecule has 0 atom stereocenters. The van der Waals surface area contributed by atoms with Gasteiger partial charge in [0.15, 0.2) is 0 Å². The first kappa shape index (κ1) is 17.8. The van der Waals surface area contributed by atoms with Crippen LogP contribution in [-0.2, 0) is 5.41 Å². The van der Waals surface area contributed by atoms with Gasteiger partial charge in [-0.3, -0.25) is 0 Å². The minimum Gasteiger partial charge on any atom is -0.456 e. The predicted molar refractivity (Wildman–Crippen MR) is 128 cm³/mol. The molecule has 0 saturated carbocycles. The molecule has 146 valence electrons. The van der Waals surface area contributed by atoms with Crippen molar-refractivity contribution in [1.29, 1.82) is 0 Å². The van der Waals surface area contributed by atoms with E-state index >= 15 is 0 Å². The van der Waals surface area contributed by atoms with Crippen molar-refractivity contribution in [3.05, 3.63) is 101 Å².